The van der Waals surface area contributed by atoms with E-state index in [2.05, 4.69) is 63.4 Å². The van der Waals surface area contributed by atoms with Crippen LogP contribution in [0.4, 0.5) is 5.69 Å². The lowest BCUT2D eigenvalue weighted by atomic mass is 10.00. The minimum Gasteiger partial charge on any atom is -0.353 e. The van der Waals surface area contributed by atoms with E-state index >= 15 is 0 Å². The summed E-state index contributed by atoms with van der Waals surface area (Å²) in [4.78, 5) is 9.24. The zero-order valence-corrected chi connectivity index (χ0v) is 21.8. The topological polar surface area (TPSA) is 78.5 Å². The fourth-order valence-corrected chi connectivity index (χ4v) is 3.50. The van der Waals surface area contributed by atoms with Gasteiger partial charge < -0.3 is 10.6 Å². The summed E-state index contributed by atoms with van der Waals surface area (Å²) >= 11 is 0. The van der Waals surface area contributed by atoms with Crippen molar-refractivity contribution < 1.29 is 0 Å². The van der Waals surface area contributed by atoms with E-state index in [0.29, 0.717) is 0 Å². The van der Waals surface area contributed by atoms with Gasteiger partial charge in [0.25, 0.3) is 0 Å². The Kier molecular flexibility index (Phi) is 10.7. The molecule has 0 spiro atoms. The number of aromatic amines is 1. The van der Waals surface area contributed by atoms with E-state index < -0.39 is 0 Å². The molecule has 0 radical (unpaired) electrons. The van der Waals surface area contributed by atoms with Crippen molar-refractivity contribution in [1.82, 2.24) is 25.5 Å². The highest BCUT2D eigenvalue weighted by molar-refractivity contribution is 5.82. The molecule has 6 nitrogen and oxygen atoms in total. The first-order chi connectivity index (χ1) is 16.3. The van der Waals surface area contributed by atoms with E-state index in [-0.39, 0.29) is 0 Å². The first-order valence-electron chi connectivity index (χ1n) is 12.1. The van der Waals surface area contributed by atoms with Crippen molar-refractivity contribution in [1.29, 1.82) is 0 Å². The van der Waals surface area contributed by atoms with Gasteiger partial charge in [-0.1, -0.05) is 32.6 Å². The Morgan fingerprint density at radius 2 is 1.79 bits per heavy atom. The molecule has 0 saturated carbocycles. The second-order valence-corrected chi connectivity index (χ2v) is 8.40. The number of hydrogen-bond acceptors (Lipinski definition) is 5. The molecule has 182 valence electrons. The molecule has 0 aliphatic rings. The molecule has 3 aromatic rings. The summed E-state index contributed by atoms with van der Waals surface area (Å²) in [7, 11) is 0. The van der Waals surface area contributed by atoms with Crippen LogP contribution in [0.1, 0.15) is 73.2 Å². The Morgan fingerprint density at radius 3 is 2.35 bits per heavy atom. The lowest BCUT2D eigenvalue weighted by Crippen LogP contribution is -2.14. The number of hydrogen-bond donors (Lipinski definition) is 3. The zero-order valence-electron chi connectivity index (χ0n) is 21.8. The summed E-state index contributed by atoms with van der Waals surface area (Å²) in [6, 6.07) is 8.13. The second kappa shape index (κ2) is 13.5. The first kappa shape index (κ1) is 27.0. The van der Waals surface area contributed by atoms with E-state index in [1.807, 2.05) is 59.0 Å². The number of nitrogens with zero attached hydrogens (tertiary/aromatic N) is 3. The van der Waals surface area contributed by atoms with Gasteiger partial charge in [-0.05, 0) is 84.3 Å². The van der Waals surface area contributed by atoms with Gasteiger partial charge in [0, 0.05) is 28.2 Å². The number of pyridine rings is 2. The standard InChI is InChI=1S/C22H25N5.C6H15N/c1-7-19(21-10-8-9-13(2)24-21)20-11-18(12-23-16(20)5)25-17(6)22-14(3)15(4)26-27-22;1-3-5-7-6-4-2/h7-12,25H,6H2,1-5H3,(H,26,27);7H,3-6H2,1-2H3/b19-7+;. The summed E-state index contributed by atoms with van der Waals surface area (Å²) in [5, 5.41) is 13.9. The van der Waals surface area contributed by atoms with E-state index in [1.165, 1.54) is 25.9 Å². The van der Waals surface area contributed by atoms with Crippen molar-refractivity contribution >= 4 is 17.0 Å². The van der Waals surface area contributed by atoms with Gasteiger partial charge >= 0.3 is 0 Å². The van der Waals surface area contributed by atoms with Gasteiger partial charge in [-0.3, -0.25) is 15.1 Å². The Hall–Kier alpha value is -3.25. The summed E-state index contributed by atoms with van der Waals surface area (Å²) in [6.45, 7) is 20.9. The highest BCUT2D eigenvalue weighted by Crippen LogP contribution is 2.28. The van der Waals surface area contributed by atoms with Crippen LogP contribution in [0.2, 0.25) is 0 Å². The molecule has 0 aliphatic heterocycles. The van der Waals surface area contributed by atoms with Crippen LogP contribution in [0, 0.1) is 27.7 Å². The third-order valence-electron chi connectivity index (χ3n) is 5.52. The number of aromatic nitrogens is 4. The van der Waals surface area contributed by atoms with Crippen LogP contribution in [0.3, 0.4) is 0 Å². The number of nitrogens with one attached hydrogen (secondary N) is 3. The predicted molar refractivity (Wildman–Crippen MR) is 145 cm³/mol. The molecule has 0 fully saturated rings. The minimum atomic E-state index is 0.740. The summed E-state index contributed by atoms with van der Waals surface area (Å²) in [6.07, 6.45) is 6.39. The van der Waals surface area contributed by atoms with Gasteiger partial charge in [0.05, 0.1) is 23.3 Å². The van der Waals surface area contributed by atoms with Crippen molar-refractivity contribution in [3.63, 3.8) is 0 Å². The van der Waals surface area contributed by atoms with Crippen LogP contribution >= 0.6 is 0 Å². The summed E-state index contributed by atoms with van der Waals surface area (Å²) in [5.41, 5.74) is 9.56. The number of H-pyrrole nitrogens is 1. The van der Waals surface area contributed by atoms with Crippen molar-refractivity contribution in [2.75, 3.05) is 18.4 Å². The number of aryl methyl sites for hydroxylation is 3. The number of anilines is 1. The maximum atomic E-state index is 4.67. The van der Waals surface area contributed by atoms with Gasteiger partial charge in [0.15, 0.2) is 0 Å². The third kappa shape index (κ3) is 7.39. The highest BCUT2D eigenvalue weighted by Gasteiger charge is 2.13. The van der Waals surface area contributed by atoms with Gasteiger partial charge in [-0.15, -0.1) is 0 Å². The maximum Gasteiger partial charge on any atom is 0.111 e. The molecule has 3 heterocycles. The molecule has 0 atom stereocenters. The van der Waals surface area contributed by atoms with E-state index in [4.69, 9.17) is 0 Å². The Morgan fingerprint density at radius 1 is 1.09 bits per heavy atom. The molecule has 0 unspecified atom stereocenters. The molecule has 0 aromatic carbocycles. The average molecular weight is 461 g/mol. The third-order valence-corrected chi connectivity index (χ3v) is 5.52. The normalized spacial score (nSPS) is 11.1. The molecule has 6 heteroatoms. The Balaban J connectivity index is 0.000000509. The average Bonchev–Trinajstić information content (AvgIpc) is 3.15. The first-order valence-corrected chi connectivity index (χ1v) is 12.1. The Bertz CT molecular complexity index is 1110. The minimum absolute atomic E-state index is 0.740. The molecular weight excluding hydrogens is 420 g/mol. The predicted octanol–water partition coefficient (Wildman–Crippen LogP) is 6.36. The number of rotatable bonds is 9. The van der Waals surface area contributed by atoms with Crippen LogP contribution in [0.15, 0.2) is 43.1 Å². The summed E-state index contributed by atoms with van der Waals surface area (Å²) in [5.74, 6) is 0. The van der Waals surface area contributed by atoms with E-state index in [0.717, 1.165) is 56.6 Å². The van der Waals surface area contributed by atoms with Crippen LogP contribution < -0.4 is 10.6 Å². The molecule has 0 amide bonds. The van der Waals surface area contributed by atoms with Crippen LogP contribution in [0.5, 0.6) is 0 Å². The van der Waals surface area contributed by atoms with Crippen molar-refractivity contribution in [3.8, 4) is 0 Å². The monoisotopic (exact) mass is 460 g/mol. The smallest absolute Gasteiger partial charge is 0.111 e. The molecule has 34 heavy (non-hydrogen) atoms. The molecule has 0 saturated heterocycles. The molecule has 0 aliphatic carbocycles. The second-order valence-electron chi connectivity index (χ2n) is 8.40. The largest absolute Gasteiger partial charge is 0.353 e. The fourth-order valence-electron chi connectivity index (χ4n) is 3.50. The van der Waals surface area contributed by atoms with E-state index in [1.54, 1.807) is 0 Å². The molecule has 0 bridgehead atoms. The lowest BCUT2D eigenvalue weighted by Gasteiger charge is -2.14. The lowest BCUT2D eigenvalue weighted by molar-refractivity contribution is 0.662. The summed E-state index contributed by atoms with van der Waals surface area (Å²) < 4.78 is 0. The molecule has 3 aromatic heterocycles. The molecule has 3 N–H and O–H groups in total. The Labute approximate surface area is 205 Å². The van der Waals surface area contributed by atoms with Gasteiger partial charge in [-0.25, -0.2) is 0 Å². The molecule has 3 rings (SSSR count). The van der Waals surface area contributed by atoms with Crippen LogP contribution in [-0.4, -0.2) is 33.3 Å². The zero-order chi connectivity index (χ0) is 25.1. The van der Waals surface area contributed by atoms with Crippen molar-refractivity contribution in [3.05, 3.63) is 82.7 Å². The maximum absolute atomic E-state index is 4.67. The number of allylic oxidation sites excluding steroid dienone is 1. The fraction of sp³-hybridized carbons (Fsp3) is 0.393. The SMILES string of the molecule is C=C(Nc1cnc(C)c(/C(=C\C)c2cccc(C)n2)c1)c1n[nH]c(C)c1C.CCCNCCC. The van der Waals surface area contributed by atoms with Crippen molar-refractivity contribution in [2.45, 2.75) is 61.3 Å². The van der Waals surface area contributed by atoms with E-state index in [9.17, 15) is 0 Å². The van der Waals surface area contributed by atoms with Crippen LogP contribution in [-0.2, 0) is 0 Å². The van der Waals surface area contributed by atoms with Gasteiger partial charge in [-0.2, -0.15) is 5.10 Å². The highest BCUT2D eigenvalue weighted by atomic mass is 15.1. The quantitative estimate of drug-likeness (QED) is 0.324. The van der Waals surface area contributed by atoms with Crippen molar-refractivity contribution in [2.24, 2.45) is 0 Å². The van der Waals surface area contributed by atoms with Gasteiger partial charge in [0.2, 0.25) is 0 Å². The van der Waals surface area contributed by atoms with Gasteiger partial charge in [0.1, 0.15) is 5.69 Å². The van der Waals surface area contributed by atoms with Crippen LogP contribution in [0.25, 0.3) is 11.3 Å². The molecular formula is C28H40N6.